The summed E-state index contributed by atoms with van der Waals surface area (Å²) in [6.07, 6.45) is 4.03. The minimum Gasteiger partial charge on any atom is -0.406 e. The monoisotopic (exact) mass is 187 g/mol. The number of hydrogen-bond donors (Lipinski definition) is 1. The van der Waals surface area contributed by atoms with Gasteiger partial charge in [-0.3, -0.25) is 0 Å². The van der Waals surface area contributed by atoms with Crippen molar-refractivity contribution in [3.63, 3.8) is 0 Å². The summed E-state index contributed by atoms with van der Waals surface area (Å²) in [4.78, 5) is 3.63. The van der Waals surface area contributed by atoms with Crippen LogP contribution >= 0.6 is 0 Å². The van der Waals surface area contributed by atoms with Crippen LogP contribution in [0.2, 0.25) is 11.6 Å². The van der Waals surface area contributed by atoms with E-state index in [1.54, 1.807) is 0 Å². The number of nitrogens with one attached hydrogen (secondary N) is 1. The topological polar surface area (TPSA) is 21.3 Å². The van der Waals surface area contributed by atoms with Gasteiger partial charge >= 0.3 is 0 Å². The van der Waals surface area contributed by atoms with Gasteiger partial charge in [0.05, 0.1) is 0 Å². The second-order valence-electron chi connectivity index (χ2n) is 3.62. The fourth-order valence-corrected chi connectivity index (χ4v) is 6.67. The summed E-state index contributed by atoms with van der Waals surface area (Å²) in [5, 5.41) is 0. The maximum atomic E-state index is 5.77. The first-order valence-electron chi connectivity index (χ1n) is 5.09. The van der Waals surface area contributed by atoms with Crippen molar-refractivity contribution in [3.05, 3.63) is 0 Å². The predicted molar refractivity (Wildman–Crippen MR) is 54.5 cm³/mol. The molecule has 0 aromatic heterocycles. The van der Waals surface area contributed by atoms with Crippen LogP contribution < -0.4 is 4.98 Å². The third-order valence-corrected chi connectivity index (χ3v) is 7.89. The van der Waals surface area contributed by atoms with Gasteiger partial charge in [-0.05, 0) is 24.6 Å². The van der Waals surface area contributed by atoms with Gasteiger partial charge in [0, 0.05) is 7.11 Å². The van der Waals surface area contributed by atoms with Crippen LogP contribution in [-0.4, -0.2) is 22.1 Å². The standard InChI is InChI=1S/C9H21NOSi/c1-4-9-7-6-8-12(9,11-3)10-5-2/h9-10H,4-8H2,1-3H3. The summed E-state index contributed by atoms with van der Waals surface area (Å²) in [6.45, 7) is 5.53. The molecule has 0 aliphatic carbocycles. The Morgan fingerprint density at radius 3 is 2.75 bits per heavy atom. The molecule has 1 heterocycles. The molecule has 0 aromatic rings. The largest absolute Gasteiger partial charge is 0.406 e. The molecule has 1 aliphatic heterocycles. The Morgan fingerprint density at radius 1 is 1.50 bits per heavy atom. The van der Waals surface area contributed by atoms with Gasteiger partial charge in [0.25, 0.3) is 8.48 Å². The van der Waals surface area contributed by atoms with Crippen molar-refractivity contribution in [2.24, 2.45) is 0 Å². The quantitative estimate of drug-likeness (QED) is 0.682. The Kier molecular flexibility index (Phi) is 3.74. The van der Waals surface area contributed by atoms with E-state index in [1.165, 1.54) is 25.3 Å². The zero-order valence-electron chi connectivity index (χ0n) is 8.52. The molecule has 2 atom stereocenters. The normalized spacial score (nSPS) is 35.8. The van der Waals surface area contributed by atoms with E-state index in [4.69, 9.17) is 4.43 Å². The van der Waals surface area contributed by atoms with Crippen LogP contribution in [0.15, 0.2) is 0 Å². The van der Waals surface area contributed by atoms with Crippen molar-refractivity contribution in [3.8, 4) is 0 Å². The molecule has 2 nitrogen and oxygen atoms in total. The average molecular weight is 187 g/mol. The Balaban J connectivity index is 2.61. The van der Waals surface area contributed by atoms with Crippen molar-refractivity contribution in [1.82, 2.24) is 4.98 Å². The lowest BCUT2D eigenvalue weighted by Crippen LogP contribution is -2.53. The highest BCUT2D eigenvalue weighted by molar-refractivity contribution is 6.73. The molecule has 3 heteroatoms. The van der Waals surface area contributed by atoms with Gasteiger partial charge in [-0.25, -0.2) is 0 Å². The first-order valence-corrected chi connectivity index (χ1v) is 7.28. The molecule has 0 amide bonds. The summed E-state index contributed by atoms with van der Waals surface area (Å²) in [7, 11) is 0.406. The van der Waals surface area contributed by atoms with E-state index >= 15 is 0 Å². The maximum Gasteiger partial charge on any atom is 0.271 e. The second kappa shape index (κ2) is 4.39. The van der Waals surface area contributed by atoms with E-state index in [9.17, 15) is 0 Å². The zero-order chi connectivity index (χ0) is 9.03. The van der Waals surface area contributed by atoms with Crippen LogP contribution in [0.1, 0.15) is 33.1 Å². The van der Waals surface area contributed by atoms with Gasteiger partial charge in [0.2, 0.25) is 0 Å². The lowest BCUT2D eigenvalue weighted by Gasteiger charge is -2.31. The summed E-state index contributed by atoms with van der Waals surface area (Å²) in [6, 6.07) is 1.32. The molecule has 1 fully saturated rings. The van der Waals surface area contributed by atoms with Crippen LogP contribution in [0.25, 0.3) is 0 Å². The van der Waals surface area contributed by atoms with Gasteiger partial charge in [0.1, 0.15) is 0 Å². The molecule has 0 bridgehead atoms. The van der Waals surface area contributed by atoms with E-state index in [0.29, 0.717) is 0 Å². The van der Waals surface area contributed by atoms with Crippen LogP contribution in [0.4, 0.5) is 0 Å². The average Bonchev–Trinajstić information content (AvgIpc) is 2.49. The zero-order valence-corrected chi connectivity index (χ0v) is 9.52. The van der Waals surface area contributed by atoms with Crippen molar-refractivity contribution in [2.45, 2.75) is 44.7 Å². The van der Waals surface area contributed by atoms with Crippen molar-refractivity contribution in [1.29, 1.82) is 0 Å². The third-order valence-electron chi connectivity index (χ3n) is 3.09. The van der Waals surface area contributed by atoms with E-state index in [0.717, 1.165) is 12.1 Å². The van der Waals surface area contributed by atoms with Crippen LogP contribution in [0, 0.1) is 0 Å². The Hall–Kier alpha value is 0.137. The molecule has 1 rings (SSSR count). The Bertz CT molecular complexity index is 142. The molecule has 72 valence electrons. The molecule has 0 saturated carbocycles. The highest BCUT2D eigenvalue weighted by Crippen LogP contribution is 2.40. The maximum absolute atomic E-state index is 5.77. The van der Waals surface area contributed by atoms with E-state index in [-0.39, 0.29) is 0 Å². The fourth-order valence-electron chi connectivity index (χ4n) is 2.46. The minimum absolute atomic E-state index is 0.849. The molecule has 1 aliphatic rings. The van der Waals surface area contributed by atoms with Crippen molar-refractivity contribution in [2.75, 3.05) is 13.7 Å². The number of rotatable bonds is 4. The smallest absolute Gasteiger partial charge is 0.271 e. The SMILES string of the molecule is CCN[Si]1(OC)CCCC1CC. The lowest BCUT2D eigenvalue weighted by atomic mass is 10.2. The van der Waals surface area contributed by atoms with Crippen molar-refractivity contribution >= 4 is 8.48 Å². The second-order valence-corrected chi connectivity index (χ2v) is 7.48. The molecule has 2 unspecified atom stereocenters. The number of hydrogen-bond acceptors (Lipinski definition) is 2. The van der Waals surface area contributed by atoms with Gasteiger partial charge in [0.15, 0.2) is 0 Å². The summed E-state index contributed by atoms with van der Waals surface area (Å²) in [5.41, 5.74) is 0.849. The summed E-state index contributed by atoms with van der Waals surface area (Å²) in [5.74, 6) is 0. The van der Waals surface area contributed by atoms with Gasteiger partial charge in [-0.15, -0.1) is 0 Å². The molecule has 1 saturated heterocycles. The first-order chi connectivity index (χ1) is 5.79. The van der Waals surface area contributed by atoms with E-state index < -0.39 is 8.48 Å². The molecular formula is C9H21NOSi. The van der Waals surface area contributed by atoms with E-state index in [1.807, 2.05) is 7.11 Å². The van der Waals surface area contributed by atoms with Crippen LogP contribution in [-0.2, 0) is 4.43 Å². The van der Waals surface area contributed by atoms with E-state index in [2.05, 4.69) is 18.8 Å². The minimum atomic E-state index is -1.49. The van der Waals surface area contributed by atoms with Crippen LogP contribution in [0.5, 0.6) is 0 Å². The third kappa shape index (κ3) is 1.73. The first kappa shape index (κ1) is 10.2. The highest BCUT2D eigenvalue weighted by atomic mass is 28.4. The van der Waals surface area contributed by atoms with Crippen molar-refractivity contribution < 1.29 is 4.43 Å². The summed E-state index contributed by atoms with van der Waals surface area (Å²) >= 11 is 0. The van der Waals surface area contributed by atoms with Gasteiger partial charge in [-0.2, -0.15) is 0 Å². The molecular weight excluding hydrogens is 166 g/mol. The highest BCUT2D eigenvalue weighted by Gasteiger charge is 2.45. The summed E-state index contributed by atoms with van der Waals surface area (Å²) < 4.78 is 5.77. The molecule has 12 heavy (non-hydrogen) atoms. The Morgan fingerprint density at radius 2 is 2.25 bits per heavy atom. The fraction of sp³-hybridized carbons (Fsp3) is 1.00. The molecule has 0 spiro atoms. The van der Waals surface area contributed by atoms with Crippen LogP contribution in [0.3, 0.4) is 0 Å². The predicted octanol–water partition coefficient (Wildman–Crippen LogP) is 2.26. The molecule has 0 aromatic carbocycles. The lowest BCUT2D eigenvalue weighted by molar-refractivity contribution is 0.370. The Labute approximate surface area is 76.9 Å². The van der Waals surface area contributed by atoms with Gasteiger partial charge < -0.3 is 9.41 Å². The molecule has 1 N–H and O–H groups in total. The molecule has 0 radical (unpaired) electrons. The van der Waals surface area contributed by atoms with Gasteiger partial charge in [-0.1, -0.05) is 26.7 Å².